The van der Waals surface area contributed by atoms with Crippen LogP contribution in [0.4, 0.5) is 5.69 Å². The summed E-state index contributed by atoms with van der Waals surface area (Å²) in [7, 11) is 0. The van der Waals surface area contributed by atoms with Crippen LogP contribution in [-0.2, 0) is 9.59 Å². The van der Waals surface area contributed by atoms with Gasteiger partial charge in [0.2, 0.25) is 0 Å². The van der Waals surface area contributed by atoms with Crippen LogP contribution in [0, 0.1) is 10.1 Å². The van der Waals surface area contributed by atoms with E-state index in [1.165, 1.54) is 32.0 Å². The molecule has 0 amide bonds. The zero-order chi connectivity index (χ0) is 22.7. The maximum absolute atomic E-state index is 12.5. The third-order valence-electron chi connectivity index (χ3n) is 4.07. The van der Waals surface area contributed by atoms with Gasteiger partial charge in [-0.25, -0.2) is 9.78 Å². The van der Waals surface area contributed by atoms with E-state index in [0.29, 0.717) is 5.02 Å². The fourth-order valence-electron chi connectivity index (χ4n) is 2.58. The predicted octanol–water partition coefficient (Wildman–Crippen LogP) is 4.05. The topological polar surface area (TPSA) is 139 Å². The van der Waals surface area contributed by atoms with Gasteiger partial charge >= 0.3 is 23.3 Å². The fourth-order valence-corrected chi connectivity index (χ4v) is 2.75. The molecular weight excluding hydrogens is 432 g/mol. The Morgan fingerprint density at radius 3 is 2.45 bits per heavy atom. The minimum absolute atomic E-state index is 0.0476. The van der Waals surface area contributed by atoms with Gasteiger partial charge in [0.25, 0.3) is 5.75 Å². The van der Waals surface area contributed by atoms with Gasteiger partial charge in [0.05, 0.1) is 4.92 Å². The molecule has 0 aliphatic carbocycles. The summed E-state index contributed by atoms with van der Waals surface area (Å²) >= 11 is 5.95. The number of hydrogen-bond donors (Lipinski definition) is 0. The van der Waals surface area contributed by atoms with Crippen LogP contribution in [0.2, 0.25) is 5.02 Å². The Morgan fingerprint density at radius 1 is 1.13 bits per heavy atom. The first kappa shape index (κ1) is 21.9. The second-order valence-electron chi connectivity index (χ2n) is 6.20. The highest BCUT2D eigenvalue weighted by Gasteiger charge is 2.28. The summed E-state index contributed by atoms with van der Waals surface area (Å²) in [5.74, 6) is -2.45. The molecule has 0 saturated carbocycles. The number of carbonyl (C=O) groups is 2. The first-order valence-electron chi connectivity index (χ1n) is 9.08. The van der Waals surface area contributed by atoms with Crippen molar-refractivity contribution in [1.29, 1.82) is 0 Å². The summed E-state index contributed by atoms with van der Waals surface area (Å²) in [4.78, 5) is 51.1. The van der Waals surface area contributed by atoms with Crippen molar-refractivity contribution in [3.63, 3.8) is 0 Å². The Kier molecular flexibility index (Phi) is 6.30. The van der Waals surface area contributed by atoms with E-state index in [-0.39, 0.29) is 35.2 Å². The Balaban J connectivity index is 2.28. The number of benzene rings is 2. The molecule has 0 unspecified atom stereocenters. The lowest BCUT2D eigenvalue weighted by atomic mass is 10.1. The van der Waals surface area contributed by atoms with Gasteiger partial charge in [-0.1, -0.05) is 25.4 Å². The molecule has 31 heavy (non-hydrogen) atoms. The summed E-state index contributed by atoms with van der Waals surface area (Å²) in [6.07, 6.45) is -0.120. The Hall–Kier alpha value is -3.79. The number of nitro groups is 1. The molecule has 160 valence electrons. The highest BCUT2D eigenvalue weighted by Crippen LogP contribution is 2.41. The lowest BCUT2D eigenvalue weighted by Crippen LogP contribution is -2.13. The highest BCUT2D eigenvalue weighted by atomic mass is 35.5. The molecular formula is C20H15ClN2O8. The van der Waals surface area contributed by atoms with Crippen molar-refractivity contribution in [2.75, 3.05) is 0 Å². The number of nitrogens with zero attached hydrogens (tertiary/aromatic N) is 2. The fraction of sp³-hybridized carbons (Fsp3) is 0.200. The van der Waals surface area contributed by atoms with Crippen molar-refractivity contribution in [3.8, 4) is 22.8 Å². The average molecular weight is 447 g/mol. The molecule has 10 nitrogen and oxygen atoms in total. The average Bonchev–Trinajstić information content (AvgIpc) is 2.74. The number of carbonyl (C=O) groups excluding carboxylic acids is 2. The van der Waals surface area contributed by atoms with E-state index in [2.05, 4.69) is 4.98 Å². The SMILES string of the molecule is CCC(=O)Oc1cc(-c2nc3cc(Cl)ccc3oc2=O)cc([N+](=O)[O-])c1OC(=O)CC. The quantitative estimate of drug-likeness (QED) is 0.237. The molecule has 1 heterocycles. The summed E-state index contributed by atoms with van der Waals surface area (Å²) < 4.78 is 15.4. The number of fused-ring (bicyclic) bond motifs is 1. The molecule has 0 aliphatic heterocycles. The van der Waals surface area contributed by atoms with Crippen LogP contribution in [-0.4, -0.2) is 21.8 Å². The summed E-state index contributed by atoms with van der Waals surface area (Å²) in [6, 6.07) is 6.55. The van der Waals surface area contributed by atoms with Crippen molar-refractivity contribution >= 4 is 40.3 Å². The maximum atomic E-state index is 12.5. The number of ether oxygens (including phenoxy) is 2. The number of hydrogen-bond acceptors (Lipinski definition) is 9. The van der Waals surface area contributed by atoms with E-state index in [0.717, 1.165) is 12.1 Å². The third-order valence-corrected chi connectivity index (χ3v) is 4.31. The van der Waals surface area contributed by atoms with Gasteiger partial charge < -0.3 is 13.9 Å². The van der Waals surface area contributed by atoms with Gasteiger partial charge in [-0.3, -0.25) is 19.7 Å². The molecule has 0 saturated heterocycles. The van der Waals surface area contributed by atoms with Gasteiger partial charge in [-0.05, 0) is 24.3 Å². The molecule has 11 heteroatoms. The van der Waals surface area contributed by atoms with Crippen molar-refractivity contribution < 1.29 is 28.4 Å². The van der Waals surface area contributed by atoms with Gasteiger partial charge in [0.1, 0.15) is 5.52 Å². The second-order valence-corrected chi connectivity index (χ2v) is 6.63. The van der Waals surface area contributed by atoms with Crippen molar-refractivity contribution in [2.45, 2.75) is 26.7 Å². The zero-order valence-corrected chi connectivity index (χ0v) is 17.1. The minimum Gasteiger partial charge on any atom is -0.422 e. The smallest absolute Gasteiger partial charge is 0.363 e. The van der Waals surface area contributed by atoms with E-state index in [9.17, 15) is 24.5 Å². The molecule has 1 aromatic heterocycles. The van der Waals surface area contributed by atoms with Crippen LogP contribution >= 0.6 is 11.6 Å². The van der Waals surface area contributed by atoms with Crippen LogP contribution in [0.25, 0.3) is 22.4 Å². The lowest BCUT2D eigenvalue weighted by Gasteiger charge is -2.12. The second kappa shape index (κ2) is 8.92. The van der Waals surface area contributed by atoms with E-state index < -0.39 is 39.7 Å². The maximum Gasteiger partial charge on any atom is 0.363 e. The molecule has 0 atom stereocenters. The molecule has 0 spiro atoms. The molecule has 3 aromatic rings. The van der Waals surface area contributed by atoms with Crippen molar-refractivity contribution in [3.05, 3.63) is 55.9 Å². The Morgan fingerprint density at radius 2 is 1.81 bits per heavy atom. The van der Waals surface area contributed by atoms with E-state index in [4.69, 9.17) is 25.5 Å². The van der Waals surface area contributed by atoms with Crippen LogP contribution in [0.15, 0.2) is 39.5 Å². The monoisotopic (exact) mass is 446 g/mol. The van der Waals surface area contributed by atoms with Gasteiger partial charge in [0, 0.05) is 29.5 Å². The van der Waals surface area contributed by atoms with Crippen LogP contribution in [0.5, 0.6) is 11.5 Å². The first-order valence-corrected chi connectivity index (χ1v) is 9.45. The third kappa shape index (κ3) is 4.69. The number of rotatable bonds is 6. The standard InChI is InChI=1S/C20H15ClN2O8/c1-3-16(24)29-15-8-10(7-13(23(27)28)19(15)31-17(25)4-2)18-20(26)30-14-6-5-11(21)9-12(14)22-18/h5-9H,3-4H2,1-2H3. The molecule has 0 bridgehead atoms. The Bertz CT molecular complexity index is 1270. The van der Waals surface area contributed by atoms with Crippen molar-refractivity contribution in [2.24, 2.45) is 0 Å². The lowest BCUT2D eigenvalue weighted by molar-refractivity contribution is -0.385. The summed E-state index contributed by atoms with van der Waals surface area (Å²) in [6.45, 7) is 3.01. The van der Waals surface area contributed by atoms with Gasteiger partial charge in [0.15, 0.2) is 17.0 Å². The highest BCUT2D eigenvalue weighted by molar-refractivity contribution is 6.31. The molecule has 2 aromatic carbocycles. The number of esters is 2. The molecule has 0 fully saturated rings. The zero-order valence-electron chi connectivity index (χ0n) is 16.3. The predicted molar refractivity (Wildman–Crippen MR) is 109 cm³/mol. The normalized spacial score (nSPS) is 10.7. The Labute approximate surface area is 179 Å². The van der Waals surface area contributed by atoms with Crippen LogP contribution in [0.3, 0.4) is 0 Å². The van der Waals surface area contributed by atoms with E-state index >= 15 is 0 Å². The van der Waals surface area contributed by atoms with E-state index in [1.54, 1.807) is 0 Å². The van der Waals surface area contributed by atoms with Gasteiger partial charge in [-0.2, -0.15) is 0 Å². The molecule has 3 rings (SSSR count). The molecule has 0 aliphatic rings. The molecule has 0 radical (unpaired) electrons. The van der Waals surface area contributed by atoms with Crippen molar-refractivity contribution in [1.82, 2.24) is 4.98 Å². The molecule has 0 N–H and O–H groups in total. The van der Waals surface area contributed by atoms with E-state index in [1.807, 2.05) is 0 Å². The first-order chi connectivity index (χ1) is 14.7. The number of aromatic nitrogens is 1. The van der Waals surface area contributed by atoms with Crippen LogP contribution in [0.1, 0.15) is 26.7 Å². The minimum atomic E-state index is -0.879. The summed E-state index contributed by atoms with van der Waals surface area (Å²) in [5, 5.41) is 12.0. The van der Waals surface area contributed by atoms with Gasteiger partial charge in [-0.15, -0.1) is 0 Å². The summed E-state index contributed by atoms with van der Waals surface area (Å²) in [5.41, 5.74) is -1.52. The number of nitro benzene ring substituents is 1. The largest absolute Gasteiger partial charge is 0.422 e. The van der Waals surface area contributed by atoms with Crippen LogP contribution < -0.4 is 15.1 Å². The number of halogens is 1.